The van der Waals surface area contributed by atoms with Crippen molar-refractivity contribution in [2.24, 2.45) is 7.05 Å². The molecule has 0 fully saturated rings. The van der Waals surface area contributed by atoms with E-state index in [1.807, 2.05) is 27.0 Å². The van der Waals surface area contributed by atoms with Crippen LogP contribution in [0.4, 0.5) is 0 Å². The summed E-state index contributed by atoms with van der Waals surface area (Å²) in [4.78, 5) is 7.70. The van der Waals surface area contributed by atoms with E-state index in [0.29, 0.717) is 23.7 Å². The van der Waals surface area contributed by atoms with Crippen molar-refractivity contribution in [2.45, 2.75) is 13.8 Å². The van der Waals surface area contributed by atoms with Gasteiger partial charge in [-0.05, 0) is 26.0 Å². The molecule has 0 unspecified atom stereocenters. The summed E-state index contributed by atoms with van der Waals surface area (Å²) in [6.45, 7) is 4.29. The first-order valence-electron chi connectivity index (χ1n) is 6.46. The summed E-state index contributed by atoms with van der Waals surface area (Å²) in [6.07, 6.45) is 0. The smallest absolute Gasteiger partial charge is 0.176 e. The maximum Gasteiger partial charge on any atom is 0.176 e. The highest BCUT2D eigenvalue weighted by atomic mass is 16.5. The molecule has 6 nitrogen and oxygen atoms in total. The van der Waals surface area contributed by atoms with E-state index in [9.17, 15) is 5.11 Å². The largest absolute Gasteiger partial charge is 0.504 e. The van der Waals surface area contributed by atoms with Gasteiger partial charge >= 0.3 is 0 Å². The number of nitrogens with zero attached hydrogens (tertiary/aromatic N) is 3. The van der Waals surface area contributed by atoms with Crippen molar-refractivity contribution in [3.63, 3.8) is 0 Å². The summed E-state index contributed by atoms with van der Waals surface area (Å²) >= 11 is 0. The number of benzene rings is 1. The van der Waals surface area contributed by atoms with Crippen LogP contribution in [0.1, 0.15) is 12.6 Å². The van der Waals surface area contributed by atoms with Crippen LogP contribution >= 0.6 is 0 Å². The molecule has 0 atom stereocenters. The van der Waals surface area contributed by atoms with E-state index in [0.717, 1.165) is 16.9 Å². The number of rotatable bonds is 3. The van der Waals surface area contributed by atoms with Crippen LogP contribution in [0.5, 0.6) is 11.5 Å². The molecule has 0 aliphatic carbocycles. The zero-order valence-corrected chi connectivity index (χ0v) is 11.6. The number of hydrogen-bond donors (Lipinski definition) is 2. The van der Waals surface area contributed by atoms with Crippen LogP contribution in [0.15, 0.2) is 18.2 Å². The molecule has 0 aliphatic heterocycles. The summed E-state index contributed by atoms with van der Waals surface area (Å²) in [5.74, 6) is 1.16. The van der Waals surface area contributed by atoms with E-state index in [4.69, 9.17) is 4.74 Å². The van der Waals surface area contributed by atoms with Crippen LogP contribution in [0.2, 0.25) is 0 Å². The Balaban J connectivity index is 2.15. The lowest BCUT2D eigenvalue weighted by Gasteiger charge is -2.08. The molecule has 6 heteroatoms. The number of H-pyrrole nitrogens is 1. The highest BCUT2D eigenvalue weighted by molar-refractivity contribution is 5.80. The average Bonchev–Trinajstić information content (AvgIpc) is 2.95. The van der Waals surface area contributed by atoms with Crippen LogP contribution < -0.4 is 4.74 Å². The summed E-state index contributed by atoms with van der Waals surface area (Å²) in [5, 5.41) is 14.6. The Morgan fingerprint density at radius 1 is 1.40 bits per heavy atom. The maximum absolute atomic E-state index is 10.3. The molecule has 2 N–H and O–H groups in total. The van der Waals surface area contributed by atoms with Crippen molar-refractivity contribution in [1.82, 2.24) is 19.7 Å². The SMILES string of the molecule is CCOc1cccc(-c2nc3c([nH]2)c(C)nn3C)c1O. The van der Waals surface area contributed by atoms with Gasteiger partial charge in [-0.15, -0.1) is 0 Å². The van der Waals surface area contributed by atoms with E-state index in [-0.39, 0.29) is 5.75 Å². The number of ether oxygens (including phenoxy) is 1. The predicted octanol–water partition coefficient (Wildman–Crippen LogP) is 2.38. The molecule has 0 bridgehead atoms. The normalized spacial score (nSPS) is 11.2. The van der Waals surface area contributed by atoms with Gasteiger partial charge < -0.3 is 14.8 Å². The van der Waals surface area contributed by atoms with Crippen LogP contribution in [0.25, 0.3) is 22.6 Å². The molecule has 104 valence electrons. The number of hydrogen-bond acceptors (Lipinski definition) is 4. The van der Waals surface area contributed by atoms with Crippen molar-refractivity contribution >= 4 is 11.2 Å². The third-order valence-corrected chi connectivity index (χ3v) is 3.21. The monoisotopic (exact) mass is 272 g/mol. The summed E-state index contributed by atoms with van der Waals surface area (Å²) in [6, 6.07) is 5.37. The number of aromatic amines is 1. The standard InChI is InChI=1S/C14H16N4O2/c1-4-20-10-7-5-6-9(12(10)19)13-15-11-8(2)17-18(3)14(11)16-13/h5-7,19H,4H2,1-3H3,(H,15,16). The Morgan fingerprint density at radius 2 is 2.20 bits per heavy atom. The van der Waals surface area contributed by atoms with E-state index >= 15 is 0 Å². The van der Waals surface area contributed by atoms with Gasteiger partial charge in [-0.2, -0.15) is 5.10 Å². The Morgan fingerprint density at radius 3 is 2.90 bits per heavy atom. The lowest BCUT2D eigenvalue weighted by molar-refractivity contribution is 0.318. The molecular weight excluding hydrogens is 256 g/mol. The van der Waals surface area contributed by atoms with Gasteiger partial charge in [-0.25, -0.2) is 9.67 Å². The highest BCUT2D eigenvalue weighted by Gasteiger charge is 2.16. The first-order valence-corrected chi connectivity index (χ1v) is 6.46. The topological polar surface area (TPSA) is 76.0 Å². The molecule has 0 radical (unpaired) electrons. The third-order valence-electron chi connectivity index (χ3n) is 3.21. The lowest BCUT2D eigenvalue weighted by atomic mass is 10.2. The second-order valence-electron chi connectivity index (χ2n) is 4.58. The van der Waals surface area contributed by atoms with Crippen LogP contribution in [-0.2, 0) is 7.05 Å². The Labute approximate surface area is 116 Å². The number of fused-ring (bicyclic) bond motifs is 1. The lowest BCUT2D eigenvalue weighted by Crippen LogP contribution is -1.94. The molecule has 20 heavy (non-hydrogen) atoms. The molecule has 0 saturated carbocycles. The Bertz CT molecular complexity index is 738. The summed E-state index contributed by atoms with van der Waals surface area (Å²) in [5.41, 5.74) is 3.13. The van der Waals surface area contributed by atoms with Gasteiger partial charge in [0.05, 0.1) is 17.9 Å². The van der Waals surface area contributed by atoms with Crippen molar-refractivity contribution in [3.8, 4) is 22.9 Å². The number of imidazole rings is 1. The van der Waals surface area contributed by atoms with Gasteiger partial charge in [-0.3, -0.25) is 0 Å². The molecule has 3 rings (SSSR count). The van der Waals surface area contributed by atoms with Crippen molar-refractivity contribution in [2.75, 3.05) is 6.61 Å². The van der Waals surface area contributed by atoms with E-state index in [2.05, 4.69) is 15.1 Å². The van der Waals surface area contributed by atoms with E-state index in [1.165, 1.54) is 0 Å². The van der Waals surface area contributed by atoms with E-state index in [1.54, 1.807) is 16.8 Å². The van der Waals surface area contributed by atoms with Gasteiger partial charge in [0.15, 0.2) is 17.1 Å². The predicted molar refractivity (Wildman–Crippen MR) is 75.9 cm³/mol. The average molecular weight is 272 g/mol. The number of phenols is 1. The quantitative estimate of drug-likeness (QED) is 0.767. The van der Waals surface area contributed by atoms with Gasteiger partial charge in [0.25, 0.3) is 0 Å². The third kappa shape index (κ3) is 1.80. The Hall–Kier alpha value is -2.50. The maximum atomic E-state index is 10.3. The van der Waals surface area contributed by atoms with Gasteiger partial charge in [-0.1, -0.05) is 6.07 Å². The first kappa shape index (κ1) is 12.5. The summed E-state index contributed by atoms with van der Waals surface area (Å²) in [7, 11) is 1.84. The molecule has 2 aromatic heterocycles. The number of phenolic OH excluding ortho intramolecular Hbond substituents is 1. The van der Waals surface area contributed by atoms with Crippen LogP contribution in [0, 0.1) is 6.92 Å². The number of para-hydroxylation sites is 1. The van der Waals surface area contributed by atoms with Crippen LogP contribution in [0.3, 0.4) is 0 Å². The second-order valence-corrected chi connectivity index (χ2v) is 4.58. The van der Waals surface area contributed by atoms with Gasteiger partial charge in [0.1, 0.15) is 11.3 Å². The molecule has 0 aliphatic rings. The second kappa shape index (κ2) is 4.56. The minimum absolute atomic E-state index is 0.0963. The first-order chi connectivity index (χ1) is 9.61. The highest BCUT2D eigenvalue weighted by Crippen LogP contribution is 2.36. The molecule has 0 saturated heterocycles. The molecule has 3 aromatic rings. The van der Waals surface area contributed by atoms with Gasteiger partial charge in [0, 0.05) is 7.05 Å². The fraction of sp³-hybridized carbons (Fsp3) is 0.286. The Kier molecular flexibility index (Phi) is 2.85. The molecule has 0 spiro atoms. The molecular formula is C14H16N4O2. The number of nitrogens with one attached hydrogen (secondary N) is 1. The van der Waals surface area contributed by atoms with Crippen LogP contribution in [-0.4, -0.2) is 31.5 Å². The molecule has 1 aromatic carbocycles. The minimum Gasteiger partial charge on any atom is -0.504 e. The zero-order chi connectivity index (χ0) is 14.3. The molecule has 0 amide bonds. The minimum atomic E-state index is 0.0963. The van der Waals surface area contributed by atoms with Crippen molar-refractivity contribution in [3.05, 3.63) is 23.9 Å². The number of aryl methyl sites for hydroxylation is 2. The molecule has 2 heterocycles. The van der Waals surface area contributed by atoms with E-state index < -0.39 is 0 Å². The summed E-state index contributed by atoms with van der Waals surface area (Å²) < 4.78 is 7.11. The fourth-order valence-corrected chi connectivity index (χ4v) is 2.29. The number of aromatic hydroxyl groups is 1. The number of aromatic nitrogens is 4. The fourth-order valence-electron chi connectivity index (χ4n) is 2.29. The van der Waals surface area contributed by atoms with Gasteiger partial charge in [0.2, 0.25) is 0 Å². The zero-order valence-electron chi connectivity index (χ0n) is 11.6. The van der Waals surface area contributed by atoms with Crippen molar-refractivity contribution < 1.29 is 9.84 Å². The van der Waals surface area contributed by atoms with Crippen molar-refractivity contribution in [1.29, 1.82) is 0 Å².